The number of hydrogen-bond donors (Lipinski definition) is 0. The average Bonchev–Trinajstić information content (AvgIpc) is 3.16. The lowest BCUT2D eigenvalue weighted by Gasteiger charge is -2.57. The second-order valence-corrected chi connectivity index (χ2v) is 11.3. The van der Waals surface area contributed by atoms with E-state index in [-0.39, 0.29) is 22.9 Å². The topological polar surface area (TPSA) is 39.2 Å². The molecule has 4 aliphatic rings. The van der Waals surface area contributed by atoms with Gasteiger partial charge in [0.15, 0.2) is 0 Å². The van der Waals surface area contributed by atoms with Crippen molar-refractivity contribution in [2.75, 3.05) is 0 Å². The summed E-state index contributed by atoms with van der Waals surface area (Å²) >= 11 is 0. The number of pyridine rings is 1. The molecule has 0 amide bonds. The van der Waals surface area contributed by atoms with Crippen LogP contribution < -0.4 is 0 Å². The molecule has 0 bridgehead atoms. The first-order chi connectivity index (χ1) is 15.5. The van der Waals surface area contributed by atoms with Crippen LogP contribution in [0.3, 0.4) is 0 Å². The molecular formula is C29H39NO2. The van der Waals surface area contributed by atoms with E-state index in [0.29, 0.717) is 6.42 Å². The van der Waals surface area contributed by atoms with Crippen molar-refractivity contribution in [2.24, 2.45) is 28.6 Å². The third-order valence-corrected chi connectivity index (χ3v) is 9.64. The standard InChI is InChI=1S/C29H39NO2/c1-4-5-8-27(31)32-22-13-15-28(2)21(18-22)9-10-23-25-12-11-24(20-7-6-17-30-19-20)29(25,3)16-14-26(23)28/h6-7,9,11,17,19,22-23,25-26H,4-5,8,10,12-16,18H2,1-3H3/t22-,23-,25-,26-,28-,29+/m0/s1. The molecule has 3 nitrogen and oxygen atoms in total. The zero-order valence-corrected chi connectivity index (χ0v) is 20.1. The van der Waals surface area contributed by atoms with Crippen molar-refractivity contribution in [2.45, 2.75) is 91.1 Å². The number of carbonyl (C=O) groups excluding carboxylic acids is 1. The van der Waals surface area contributed by atoms with Crippen LogP contribution in [0.1, 0.15) is 90.5 Å². The summed E-state index contributed by atoms with van der Waals surface area (Å²) in [7, 11) is 0. The van der Waals surface area contributed by atoms with Crippen molar-refractivity contribution >= 4 is 11.5 Å². The van der Waals surface area contributed by atoms with E-state index >= 15 is 0 Å². The number of rotatable bonds is 5. The molecule has 1 heterocycles. The minimum absolute atomic E-state index is 0.00290. The molecule has 0 spiro atoms. The van der Waals surface area contributed by atoms with Crippen molar-refractivity contribution in [1.82, 2.24) is 4.98 Å². The Morgan fingerprint density at radius 2 is 1.97 bits per heavy atom. The van der Waals surface area contributed by atoms with Crippen LogP contribution in [0.15, 0.2) is 42.3 Å². The molecular weight excluding hydrogens is 394 g/mol. The molecule has 2 fully saturated rings. The maximum absolute atomic E-state index is 12.2. The first kappa shape index (κ1) is 21.9. The summed E-state index contributed by atoms with van der Waals surface area (Å²) in [6.07, 6.45) is 19.8. The molecule has 0 saturated heterocycles. The van der Waals surface area contributed by atoms with Gasteiger partial charge in [-0.1, -0.05) is 51.0 Å². The Hall–Kier alpha value is -1.90. The smallest absolute Gasteiger partial charge is 0.306 e. The molecule has 1 aromatic heterocycles. The van der Waals surface area contributed by atoms with Crippen molar-refractivity contribution in [3.63, 3.8) is 0 Å². The Bertz CT molecular complexity index is 918. The SMILES string of the molecule is CCCCC(=O)O[C@H]1CC[C@@]2(C)C(=CC[C@@H]3[C@@H]2CC[C@]2(C)C(c4cccnc4)=CC[C@@H]32)C1. The summed E-state index contributed by atoms with van der Waals surface area (Å²) in [5, 5.41) is 0. The number of aromatic nitrogens is 1. The van der Waals surface area contributed by atoms with Gasteiger partial charge in [0.1, 0.15) is 6.10 Å². The van der Waals surface area contributed by atoms with Gasteiger partial charge >= 0.3 is 5.97 Å². The highest BCUT2D eigenvalue weighted by molar-refractivity contribution is 5.72. The lowest BCUT2D eigenvalue weighted by molar-refractivity contribution is -0.151. The highest BCUT2D eigenvalue weighted by atomic mass is 16.5. The third kappa shape index (κ3) is 3.56. The molecule has 6 atom stereocenters. The van der Waals surface area contributed by atoms with Gasteiger partial charge in [-0.25, -0.2) is 0 Å². The van der Waals surface area contributed by atoms with Gasteiger partial charge in [-0.15, -0.1) is 0 Å². The predicted molar refractivity (Wildman–Crippen MR) is 129 cm³/mol. The van der Waals surface area contributed by atoms with Crippen LogP contribution in [0.5, 0.6) is 0 Å². The van der Waals surface area contributed by atoms with Gasteiger partial charge in [-0.05, 0) is 90.7 Å². The highest BCUT2D eigenvalue weighted by Crippen LogP contribution is 2.66. The Balaban J connectivity index is 1.32. The zero-order chi connectivity index (χ0) is 22.3. The lowest BCUT2D eigenvalue weighted by Crippen LogP contribution is -2.50. The Kier molecular flexibility index (Phi) is 5.80. The summed E-state index contributed by atoms with van der Waals surface area (Å²) in [6, 6.07) is 4.31. The lowest BCUT2D eigenvalue weighted by atomic mass is 9.47. The molecule has 172 valence electrons. The van der Waals surface area contributed by atoms with E-state index < -0.39 is 0 Å². The van der Waals surface area contributed by atoms with E-state index in [1.165, 1.54) is 36.8 Å². The van der Waals surface area contributed by atoms with E-state index in [2.05, 4.69) is 56.2 Å². The molecule has 2 saturated carbocycles. The van der Waals surface area contributed by atoms with Crippen molar-refractivity contribution in [3.8, 4) is 0 Å². The highest BCUT2D eigenvalue weighted by Gasteiger charge is 2.57. The van der Waals surface area contributed by atoms with Crippen LogP contribution in [0.25, 0.3) is 5.57 Å². The van der Waals surface area contributed by atoms with Gasteiger partial charge in [0.05, 0.1) is 0 Å². The van der Waals surface area contributed by atoms with Crippen LogP contribution >= 0.6 is 0 Å². The fourth-order valence-electron chi connectivity index (χ4n) is 7.83. The summed E-state index contributed by atoms with van der Waals surface area (Å²) in [5.74, 6) is 2.26. The molecule has 1 aromatic rings. The van der Waals surface area contributed by atoms with Crippen LogP contribution in [-0.2, 0) is 9.53 Å². The second kappa shape index (κ2) is 8.47. The maximum atomic E-state index is 12.2. The summed E-state index contributed by atoms with van der Waals surface area (Å²) in [6.45, 7) is 7.17. The predicted octanol–water partition coefficient (Wildman–Crippen LogP) is 7.14. The minimum Gasteiger partial charge on any atom is -0.462 e. The number of carbonyl (C=O) groups is 1. The number of hydrogen-bond acceptors (Lipinski definition) is 3. The first-order valence-corrected chi connectivity index (χ1v) is 13.0. The van der Waals surface area contributed by atoms with E-state index in [4.69, 9.17) is 4.74 Å². The summed E-state index contributed by atoms with van der Waals surface area (Å²) in [5.41, 5.74) is 5.00. The molecule has 0 N–H and O–H groups in total. The first-order valence-electron chi connectivity index (χ1n) is 13.0. The van der Waals surface area contributed by atoms with Crippen molar-refractivity contribution in [3.05, 3.63) is 47.8 Å². The number of esters is 1. The Labute approximate surface area is 193 Å². The fourth-order valence-corrected chi connectivity index (χ4v) is 7.83. The number of unbranched alkanes of at least 4 members (excludes halogenated alkanes) is 1. The Morgan fingerprint density at radius 3 is 2.75 bits per heavy atom. The average molecular weight is 434 g/mol. The number of ether oxygens (including phenoxy) is 1. The monoisotopic (exact) mass is 433 g/mol. The van der Waals surface area contributed by atoms with Crippen molar-refractivity contribution < 1.29 is 9.53 Å². The molecule has 3 heteroatoms. The van der Waals surface area contributed by atoms with Gasteiger partial charge in [-0.3, -0.25) is 9.78 Å². The van der Waals surface area contributed by atoms with Crippen LogP contribution in [-0.4, -0.2) is 17.1 Å². The molecule has 0 aliphatic heterocycles. The van der Waals surface area contributed by atoms with Gasteiger partial charge in [-0.2, -0.15) is 0 Å². The molecule has 4 aliphatic carbocycles. The largest absolute Gasteiger partial charge is 0.462 e. The second-order valence-electron chi connectivity index (χ2n) is 11.3. The van der Waals surface area contributed by atoms with Crippen LogP contribution in [0.4, 0.5) is 0 Å². The number of allylic oxidation sites excluding steroid dienone is 3. The van der Waals surface area contributed by atoms with Crippen LogP contribution in [0.2, 0.25) is 0 Å². The summed E-state index contributed by atoms with van der Waals surface area (Å²) in [4.78, 5) is 16.6. The molecule has 32 heavy (non-hydrogen) atoms. The quantitative estimate of drug-likeness (QED) is 0.366. The van der Waals surface area contributed by atoms with E-state index in [0.717, 1.165) is 49.9 Å². The normalized spacial score (nSPS) is 38.1. The molecule has 0 radical (unpaired) electrons. The number of fused-ring (bicyclic) bond motifs is 5. The minimum atomic E-state index is 0.00290. The van der Waals surface area contributed by atoms with Gasteiger partial charge in [0.2, 0.25) is 0 Å². The van der Waals surface area contributed by atoms with Gasteiger partial charge in [0, 0.05) is 25.2 Å². The van der Waals surface area contributed by atoms with Gasteiger partial charge < -0.3 is 4.74 Å². The summed E-state index contributed by atoms with van der Waals surface area (Å²) < 4.78 is 5.88. The maximum Gasteiger partial charge on any atom is 0.306 e. The molecule has 0 aromatic carbocycles. The van der Waals surface area contributed by atoms with Crippen LogP contribution in [0, 0.1) is 28.6 Å². The third-order valence-electron chi connectivity index (χ3n) is 9.64. The molecule has 0 unspecified atom stereocenters. The zero-order valence-electron chi connectivity index (χ0n) is 20.1. The van der Waals surface area contributed by atoms with E-state index in [1.54, 1.807) is 5.57 Å². The van der Waals surface area contributed by atoms with E-state index in [1.807, 2.05) is 6.20 Å². The van der Waals surface area contributed by atoms with Crippen molar-refractivity contribution in [1.29, 1.82) is 0 Å². The van der Waals surface area contributed by atoms with E-state index in [9.17, 15) is 4.79 Å². The Morgan fingerprint density at radius 1 is 1.12 bits per heavy atom. The fraction of sp³-hybridized carbons (Fsp3) is 0.655. The number of nitrogens with zero attached hydrogens (tertiary/aromatic N) is 1. The van der Waals surface area contributed by atoms with Gasteiger partial charge in [0.25, 0.3) is 0 Å². The molecule has 5 rings (SSSR count).